The van der Waals surface area contributed by atoms with Crippen LogP contribution in [0.25, 0.3) is 0 Å². The summed E-state index contributed by atoms with van der Waals surface area (Å²) in [6.07, 6.45) is 0. The van der Waals surface area contributed by atoms with Gasteiger partial charge in [0.15, 0.2) is 0 Å². The molecule has 0 fully saturated rings. The van der Waals surface area contributed by atoms with Crippen LogP contribution in [-0.2, 0) is 9.53 Å². The average molecular weight is 280 g/mol. The Hall–Kier alpha value is -2.24. The minimum absolute atomic E-state index is 0.253. The normalized spacial score (nSPS) is 11.6. The first-order chi connectivity index (χ1) is 9.40. The van der Waals surface area contributed by atoms with E-state index in [9.17, 15) is 9.59 Å². The highest BCUT2D eigenvalue weighted by atomic mass is 16.5. The lowest BCUT2D eigenvalue weighted by Gasteiger charge is -2.21. The molecule has 0 heterocycles. The molecule has 1 rings (SSSR count). The van der Waals surface area contributed by atoms with Gasteiger partial charge in [0, 0.05) is 19.3 Å². The zero-order chi connectivity index (χ0) is 15.3. The van der Waals surface area contributed by atoms with E-state index in [0.717, 1.165) is 0 Å². The third-order valence-electron chi connectivity index (χ3n) is 2.95. The summed E-state index contributed by atoms with van der Waals surface area (Å²) >= 11 is 0. The van der Waals surface area contributed by atoms with Crippen molar-refractivity contribution in [1.29, 1.82) is 0 Å². The van der Waals surface area contributed by atoms with Crippen LogP contribution in [0.3, 0.4) is 0 Å². The molecule has 0 aliphatic carbocycles. The van der Waals surface area contributed by atoms with Gasteiger partial charge in [0.25, 0.3) is 5.91 Å². The highest BCUT2D eigenvalue weighted by Crippen LogP contribution is 2.22. The second-order valence-corrected chi connectivity index (χ2v) is 4.57. The molecule has 6 nitrogen and oxygen atoms in total. The number of nitrogens with two attached hydrogens (primary N) is 1. The number of hydrogen-bond donors (Lipinski definition) is 1. The van der Waals surface area contributed by atoms with Crippen LogP contribution in [0.4, 0.5) is 5.69 Å². The third-order valence-corrected chi connectivity index (χ3v) is 2.95. The van der Waals surface area contributed by atoms with Gasteiger partial charge in [-0.05, 0) is 18.2 Å². The average Bonchev–Trinajstić information content (AvgIpc) is 2.45. The van der Waals surface area contributed by atoms with E-state index in [4.69, 9.17) is 10.5 Å². The topological polar surface area (TPSA) is 81.9 Å². The van der Waals surface area contributed by atoms with E-state index in [1.807, 2.05) is 0 Å². The number of anilines is 1. The first-order valence-corrected chi connectivity index (χ1v) is 6.17. The Morgan fingerprint density at radius 2 is 2.00 bits per heavy atom. The van der Waals surface area contributed by atoms with Gasteiger partial charge in [-0.3, -0.25) is 9.59 Å². The lowest BCUT2D eigenvalue weighted by Crippen LogP contribution is -2.34. The zero-order valence-electron chi connectivity index (χ0n) is 12.2. The van der Waals surface area contributed by atoms with E-state index in [1.165, 1.54) is 19.1 Å². The maximum absolute atomic E-state index is 12.4. The number of rotatable bonds is 5. The maximum atomic E-state index is 12.4. The number of ether oxygens (including phenoxy) is 2. The van der Waals surface area contributed by atoms with Gasteiger partial charge in [0.2, 0.25) is 0 Å². The third kappa shape index (κ3) is 3.63. The van der Waals surface area contributed by atoms with Crippen molar-refractivity contribution in [2.45, 2.75) is 6.92 Å². The predicted molar refractivity (Wildman–Crippen MR) is 75.5 cm³/mol. The minimum atomic E-state index is -0.402. The Morgan fingerprint density at radius 1 is 1.35 bits per heavy atom. The van der Waals surface area contributed by atoms with Crippen molar-refractivity contribution < 1.29 is 19.1 Å². The number of nitrogens with zero attached hydrogens (tertiary/aromatic N) is 1. The van der Waals surface area contributed by atoms with Crippen LogP contribution in [0.2, 0.25) is 0 Å². The summed E-state index contributed by atoms with van der Waals surface area (Å²) in [4.78, 5) is 25.2. The number of carbonyl (C=O) groups is 2. The van der Waals surface area contributed by atoms with E-state index in [-0.39, 0.29) is 18.4 Å². The van der Waals surface area contributed by atoms with Gasteiger partial charge in [0.05, 0.1) is 25.7 Å². The molecule has 110 valence electrons. The SMILES string of the molecule is COC(=O)C(C)CN(C)C(=O)c1cc(N)ccc1OC. The molecule has 0 spiro atoms. The van der Waals surface area contributed by atoms with Gasteiger partial charge in [-0.2, -0.15) is 0 Å². The van der Waals surface area contributed by atoms with Crippen molar-refractivity contribution in [2.75, 3.05) is 33.5 Å². The molecule has 1 unspecified atom stereocenters. The van der Waals surface area contributed by atoms with Crippen molar-refractivity contribution in [3.05, 3.63) is 23.8 Å². The van der Waals surface area contributed by atoms with Gasteiger partial charge in [-0.25, -0.2) is 0 Å². The highest BCUT2D eigenvalue weighted by Gasteiger charge is 2.22. The Kier molecular flexibility index (Phi) is 5.37. The van der Waals surface area contributed by atoms with Gasteiger partial charge in [-0.15, -0.1) is 0 Å². The quantitative estimate of drug-likeness (QED) is 0.646. The first-order valence-electron chi connectivity index (χ1n) is 6.17. The monoisotopic (exact) mass is 280 g/mol. The fourth-order valence-corrected chi connectivity index (χ4v) is 1.87. The number of amides is 1. The zero-order valence-corrected chi connectivity index (χ0v) is 12.2. The van der Waals surface area contributed by atoms with Crippen LogP contribution < -0.4 is 10.5 Å². The number of methoxy groups -OCH3 is 2. The number of benzene rings is 1. The van der Waals surface area contributed by atoms with Gasteiger partial charge in [0.1, 0.15) is 5.75 Å². The molecule has 0 aromatic heterocycles. The Balaban J connectivity index is 2.89. The molecule has 0 saturated heterocycles. The lowest BCUT2D eigenvalue weighted by molar-refractivity contribution is -0.145. The van der Waals surface area contributed by atoms with E-state index >= 15 is 0 Å². The molecule has 0 aliphatic heterocycles. The summed E-state index contributed by atoms with van der Waals surface area (Å²) in [6.45, 7) is 1.95. The second-order valence-electron chi connectivity index (χ2n) is 4.57. The molecule has 6 heteroatoms. The largest absolute Gasteiger partial charge is 0.496 e. The Labute approximate surface area is 118 Å². The number of carbonyl (C=O) groups excluding carboxylic acids is 2. The molecule has 1 atom stereocenters. The van der Waals surface area contributed by atoms with E-state index < -0.39 is 5.92 Å². The summed E-state index contributed by atoms with van der Waals surface area (Å²) in [5.74, 6) is -0.572. The standard InChI is InChI=1S/C14H20N2O4/c1-9(14(18)20-4)8-16(2)13(17)11-7-10(15)5-6-12(11)19-3/h5-7,9H,8,15H2,1-4H3. The summed E-state index contributed by atoms with van der Waals surface area (Å²) < 4.78 is 9.79. The smallest absolute Gasteiger partial charge is 0.310 e. The van der Waals surface area contributed by atoms with E-state index in [0.29, 0.717) is 17.0 Å². The maximum Gasteiger partial charge on any atom is 0.310 e. The minimum Gasteiger partial charge on any atom is -0.496 e. The van der Waals surface area contributed by atoms with Crippen LogP contribution in [-0.4, -0.2) is 44.6 Å². The molecular formula is C14H20N2O4. The van der Waals surface area contributed by atoms with Crippen molar-refractivity contribution in [3.63, 3.8) is 0 Å². The summed E-state index contributed by atoms with van der Waals surface area (Å²) in [5, 5.41) is 0. The predicted octanol–water partition coefficient (Wildman–Crippen LogP) is 1.16. The van der Waals surface area contributed by atoms with Gasteiger partial charge >= 0.3 is 5.97 Å². The van der Waals surface area contributed by atoms with Crippen LogP contribution in [0.1, 0.15) is 17.3 Å². The number of hydrogen-bond acceptors (Lipinski definition) is 5. The molecular weight excluding hydrogens is 260 g/mol. The first kappa shape index (κ1) is 15.8. The van der Waals surface area contributed by atoms with Gasteiger partial charge < -0.3 is 20.1 Å². The highest BCUT2D eigenvalue weighted by molar-refractivity contribution is 5.97. The molecule has 20 heavy (non-hydrogen) atoms. The molecule has 1 aromatic rings. The van der Waals surface area contributed by atoms with Gasteiger partial charge in [-0.1, -0.05) is 6.92 Å². The van der Waals surface area contributed by atoms with Crippen LogP contribution in [0.5, 0.6) is 5.75 Å². The Morgan fingerprint density at radius 3 is 2.55 bits per heavy atom. The number of nitrogen functional groups attached to an aromatic ring is 1. The van der Waals surface area contributed by atoms with Crippen LogP contribution >= 0.6 is 0 Å². The van der Waals surface area contributed by atoms with Crippen molar-refractivity contribution >= 4 is 17.6 Å². The Bertz CT molecular complexity index is 502. The molecule has 0 aliphatic rings. The fourth-order valence-electron chi connectivity index (χ4n) is 1.87. The van der Waals surface area contributed by atoms with Crippen LogP contribution in [0.15, 0.2) is 18.2 Å². The summed E-state index contributed by atoms with van der Waals surface area (Å²) in [5.41, 5.74) is 6.53. The molecule has 1 aromatic carbocycles. The van der Waals surface area contributed by atoms with E-state index in [2.05, 4.69) is 4.74 Å². The van der Waals surface area contributed by atoms with Crippen molar-refractivity contribution in [3.8, 4) is 5.75 Å². The molecule has 0 radical (unpaired) electrons. The summed E-state index contributed by atoms with van der Waals surface area (Å²) in [6, 6.07) is 4.85. The summed E-state index contributed by atoms with van der Waals surface area (Å²) in [7, 11) is 4.42. The molecule has 0 bridgehead atoms. The molecule has 2 N–H and O–H groups in total. The van der Waals surface area contributed by atoms with Crippen LogP contribution in [0, 0.1) is 5.92 Å². The van der Waals surface area contributed by atoms with Crippen molar-refractivity contribution in [2.24, 2.45) is 5.92 Å². The molecule has 1 amide bonds. The fraction of sp³-hybridized carbons (Fsp3) is 0.429. The lowest BCUT2D eigenvalue weighted by atomic mass is 10.1. The molecule has 0 saturated carbocycles. The van der Waals surface area contributed by atoms with Crippen molar-refractivity contribution in [1.82, 2.24) is 4.90 Å². The van der Waals surface area contributed by atoms with E-state index in [1.54, 1.807) is 32.2 Å². The second kappa shape index (κ2) is 6.79. The number of esters is 1.